The first-order valence-corrected chi connectivity index (χ1v) is 16.1. The highest BCUT2D eigenvalue weighted by atomic mass is 28.4. The molecule has 1 saturated carbocycles. The number of likely N-dealkylation sites (tertiary alicyclic amines) is 1. The van der Waals surface area contributed by atoms with Crippen LogP contribution in [0.5, 0.6) is 0 Å². The van der Waals surface area contributed by atoms with Crippen LogP contribution in [0.3, 0.4) is 0 Å². The second-order valence-electron chi connectivity index (χ2n) is 12.4. The van der Waals surface area contributed by atoms with E-state index < -0.39 is 26.3 Å². The van der Waals surface area contributed by atoms with Gasteiger partial charge >= 0.3 is 0 Å². The van der Waals surface area contributed by atoms with E-state index in [0.717, 1.165) is 5.56 Å². The number of amides is 2. The van der Waals surface area contributed by atoms with Crippen LogP contribution in [-0.2, 0) is 23.5 Å². The van der Waals surface area contributed by atoms with E-state index in [1.807, 2.05) is 49.1 Å². The molecule has 7 nitrogen and oxygen atoms in total. The van der Waals surface area contributed by atoms with Crippen molar-refractivity contribution in [2.45, 2.75) is 83.5 Å². The Kier molecular flexibility index (Phi) is 7.27. The lowest BCUT2D eigenvalue weighted by Gasteiger charge is -2.49. The summed E-state index contributed by atoms with van der Waals surface area (Å²) in [5, 5.41) is 3.01. The molecule has 4 rings (SSSR count). The van der Waals surface area contributed by atoms with Gasteiger partial charge in [-0.1, -0.05) is 51.1 Å². The zero-order valence-corrected chi connectivity index (χ0v) is 23.9. The fourth-order valence-electron chi connectivity index (χ4n) is 6.10. The van der Waals surface area contributed by atoms with Gasteiger partial charge in [-0.3, -0.25) is 14.4 Å². The molecule has 198 valence electrons. The van der Waals surface area contributed by atoms with Crippen LogP contribution in [0.4, 0.5) is 0 Å². The molecule has 1 N–H and O–H groups in total. The van der Waals surface area contributed by atoms with Crippen LogP contribution in [-0.4, -0.2) is 62.7 Å². The number of fused-ring (bicyclic) bond motifs is 1. The van der Waals surface area contributed by atoms with Crippen LogP contribution in [0.2, 0.25) is 18.1 Å². The Morgan fingerprint density at radius 3 is 2.25 bits per heavy atom. The average Bonchev–Trinajstić information content (AvgIpc) is 3.12. The smallest absolute Gasteiger partial charge is 0.228 e. The SMILES string of the molecule is CO[C@H]1C(=O)[C@@H]([C@@H]2NC(=O)[C@@H]2[C@@H](C)O[Si](C)(C)C(C)(C)C)C[C@@H]2C(=O)N([C@@H](C)c3ccccc3)C[C@@H]21. The minimum atomic E-state index is -2.10. The van der Waals surface area contributed by atoms with Crippen LogP contribution in [0.25, 0.3) is 0 Å². The number of ketones is 1. The van der Waals surface area contributed by atoms with Crippen molar-refractivity contribution in [3.05, 3.63) is 35.9 Å². The highest BCUT2D eigenvalue weighted by Gasteiger charge is 2.59. The van der Waals surface area contributed by atoms with Gasteiger partial charge in [-0.2, -0.15) is 0 Å². The van der Waals surface area contributed by atoms with Gasteiger partial charge in [-0.25, -0.2) is 0 Å². The van der Waals surface area contributed by atoms with Crippen LogP contribution in [0.15, 0.2) is 30.3 Å². The average molecular weight is 515 g/mol. The molecule has 0 bridgehead atoms. The van der Waals surface area contributed by atoms with Crippen LogP contribution in [0, 0.1) is 23.7 Å². The standard InChI is InChI=1S/C28H42N2O5Si/c1-16(18-12-10-9-11-13-18)30-15-21-19(27(30)33)14-20(24(31)25(21)34-6)23-22(26(32)29-23)17(2)35-36(7,8)28(3,4)5/h9-13,16-17,19-23,25H,14-15H2,1-8H3,(H,29,32)/t16-,17+,19-,20+,21-,22+,23-,25+/m0/s1. The third-order valence-electron chi connectivity index (χ3n) is 9.30. The molecule has 2 heterocycles. The van der Waals surface area contributed by atoms with Crippen molar-refractivity contribution in [2.75, 3.05) is 13.7 Å². The zero-order valence-electron chi connectivity index (χ0n) is 22.9. The summed E-state index contributed by atoms with van der Waals surface area (Å²) in [6.07, 6.45) is -0.514. The number of hydrogen-bond acceptors (Lipinski definition) is 5. The summed E-state index contributed by atoms with van der Waals surface area (Å²) in [6, 6.07) is 9.55. The molecular weight excluding hydrogens is 472 g/mol. The number of methoxy groups -OCH3 is 1. The predicted molar refractivity (Wildman–Crippen MR) is 141 cm³/mol. The molecule has 8 heteroatoms. The van der Waals surface area contributed by atoms with Crippen molar-refractivity contribution in [3.8, 4) is 0 Å². The first-order chi connectivity index (χ1) is 16.8. The van der Waals surface area contributed by atoms with Gasteiger partial charge in [-0.05, 0) is 44.0 Å². The fourth-order valence-corrected chi connectivity index (χ4v) is 7.53. The molecule has 3 fully saturated rings. The van der Waals surface area contributed by atoms with Gasteiger partial charge in [0.25, 0.3) is 0 Å². The fraction of sp³-hybridized carbons (Fsp3) is 0.679. The van der Waals surface area contributed by atoms with E-state index in [2.05, 4.69) is 39.2 Å². The van der Waals surface area contributed by atoms with Gasteiger partial charge in [0.1, 0.15) is 6.10 Å². The van der Waals surface area contributed by atoms with E-state index in [1.165, 1.54) is 0 Å². The Morgan fingerprint density at radius 1 is 1.06 bits per heavy atom. The Balaban J connectivity index is 1.54. The molecule has 0 radical (unpaired) electrons. The number of carbonyl (C=O) groups is 3. The van der Waals surface area contributed by atoms with Gasteiger partial charge in [0.05, 0.1) is 24.1 Å². The Hall–Kier alpha value is -2.03. The number of carbonyl (C=O) groups excluding carboxylic acids is 3. The first-order valence-electron chi connectivity index (χ1n) is 13.2. The molecule has 36 heavy (non-hydrogen) atoms. The van der Waals surface area contributed by atoms with Crippen LogP contribution in [0.1, 0.15) is 52.6 Å². The number of nitrogens with one attached hydrogen (secondary N) is 1. The summed E-state index contributed by atoms with van der Waals surface area (Å²) in [4.78, 5) is 41.9. The minimum Gasteiger partial charge on any atom is -0.413 e. The number of ether oxygens (including phenoxy) is 1. The van der Waals surface area contributed by atoms with Crippen molar-refractivity contribution in [1.29, 1.82) is 0 Å². The van der Waals surface area contributed by atoms with Crippen molar-refractivity contribution in [1.82, 2.24) is 10.2 Å². The molecule has 2 saturated heterocycles. The number of nitrogens with zero attached hydrogens (tertiary/aromatic N) is 1. The summed E-state index contributed by atoms with van der Waals surface area (Å²) >= 11 is 0. The molecule has 2 amide bonds. The number of rotatable bonds is 7. The van der Waals surface area contributed by atoms with Crippen molar-refractivity contribution >= 4 is 25.9 Å². The first kappa shape index (κ1) is 27.0. The van der Waals surface area contributed by atoms with Gasteiger partial charge in [0.2, 0.25) is 11.8 Å². The quantitative estimate of drug-likeness (QED) is 0.440. The van der Waals surface area contributed by atoms with E-state index in [-0.39, 0.29) is 52.7 Å². The lowest BCUT2D eigenvalue weighted by atomic mass is 9.65. The molecular formula is C28H42N2O5Si. The van der Waals surface area contributed by atoms with E-state index in [0.29, 0.717) is 13.0 Å². The molecule has 0 aromatic heterocycles. The third-order valence-corrected chi connectivity index (χ3v) is 13.9. The largest absolute Gasteiger partial charge is 0.413 e. The van der Waals surface area contributed by atoms with Crippen molar-refractivity contribution in [2.24, 2.45) is 23.7 Å². The van der Waals surface area contributed by atoms with Gasteiger partial charge in [0, 0.05) is 31.4 Å². The monoisotopic (exact) mass is 514 g/mol. The summed E-state index contributed by atoms with van der Waals surface area (Å²) in [6.45, 7) is 15.4. The Labute approximate surface area is 216 Å². The summed E-state index contributed by atoms with van der Waals surface area (Å²) in [7, 11) is -0.545. The Bertz CT molecular complexity index is 1010. The zero-order chi connectivity index (χ0) is 26.6. The maximum absolute atomic E-state index is 13.7. The molecule has 1 aliphatic carbocycles. The summed E-state index contributed by atoms with van der Waals surface area (Å²) < 4.78 is 12.3. The summed E-state index contributed by atoms with van der Waals surface area (Å²) in [5.41, 5.74) is 1.07. The second kappa shape index (κ2) is 9.69. The molecule has 8 atom stereocenters. The van der Waals surface area contributed by atoms with Gasteiger partial charge in [-0.15, -0.1) is 0 Å². The minimum absolute atomic E-state index is 0.00436. The topological polar surface area (TPSA) is 84.9 Å². The van der Waals surface area contributed by atoms with Crippen molar-refractivity contribution < 1.29 is 23.5 Å². The van der Waals surface area contributed by atoms with E-state index in [9.17, 15) is 14.4 Å². The van der Waals surface area contributed by atoms with Gasteiger partial charge < -0.3 is 19.4 Å². The second-order valence-corrected chi connectivity index (χ2v) is 17.1. The van der Waals surface area contributed by atoms with Crippen LogP contribution < -0.4 is 5.32 Å². The predicted octanol–water partition coefficient (Wildman–Crippen LogP) is 3.95. The normalized spacial score (nSPS) is 32.6. The molecule has 1 aromatic carbocycles. The summed E-state index contributed by atoms with van der Waals surface area (Å²) in [5.74, 6) is -1.34. The van der Waals surface area contributed by atoms with Gasteiger partial charge in [0.15, 0.2) is 14.1 Å². The highest BCUT2D eigenvalue weighted by molar-refractivity contribution is 6.74. The maximum atomic E-state index is 13.7. The molecule has 0 unspecified atom stereocenters. The number of benzene rings is 1. The highest BCUT2D eigenvalue weighted by Crippen LogP contribution is 2.46. The third kappa shape index (κ3) is 4.56. The molecule has 3 aliphatic rings. The lowest BCUT2D eigenvalue weighted by molar-refractivity contribution is -0.154. The number of β-lactam (4-membered cyclic amide) rings is 1. The van der Waals surface area contributed by atoms with E-state index >= 15 is 0 Å². The molecule has 0 spiro atoms. The molecule has 1 aromatic rings. The molecule has 2 aliphatic heterocycles. The van der Waals surface area contributed by atoms with Crippen molar-refractivity contribution in [3.63, 3.8) is 0 Å². The lowest BCUT2D eigenvalue weighted by Crippen LogP contribution is -2.69. The van der Waals surface area contributed by atoms with Crippen LogP contribution >= 0.6 is 0 Å². The maximum Gasteiger partial charge on any atom is 0.228 e. The number of hydrogen-bond donors (Lipinski definition) is 1. The Morgan fingerprint density at radius 2 is 1.69 bits per heavy atom. The number of Topliss-reactive ketones (excluding diaryl/α,β-unsaturated/α-hetero) is 1. The van der Waals surface area contributed by atoms with E-state index in [1.54, 1.807) is 7.11 Å². The van der Waals surface area contributed by atoms with E-state index in [4.69, 9.17) is 9.16 Å².